The van der Waals surface area contributed by atoms with Gasteiger partial charge in [0.25, 0.3) is 0 Å². The van der Waals surface area contributed by atoms with Gasteiger partial charge in [0.05, 0.1) is 6.20 Å². The molecule has 0 aliphatic rings. The molecular weight excluding hydrogens is 300 g/mol. The SMILES string of the molecule is CCC(CC)NC(=O)Nc1ccc(Oc2cnc(N)s2)cc1. The summed E-state index contributed by atoms with van der Waals surface area (Å²) >= 11 is 1.27. The Morgan fingerprint density at radius 2 is 2.00 bits per heavy atom. The van der Waals surface area contributed by atoms with Gasteiger partial charge in [0.1, 0.15) is 5.75 Å². The molecule has 0 aliphatic heterocycles. The van der Waals surface area contributed by atoms with Gasteiger partial charge in [-0.1, -0.05) is 25.2 Å². The van der Waals surface area contributed by atoms with Crippen LogP contribution in [-0.2, 0) is 0 Å². The van der Waals surface area contributed by atoms with Crippen LogP contribution >= 0.6 is 11.3 Å². The fraction of sp³-hybridized carbons (Fsp3) is 0.333. The molecule has 22 heavy (non-hydrogen) atoms. The van der Waals surface area contributed by atoms with E-state index in [1.807, 2.05) is 13.8 Å². The van der Waals surface area contributed by atoms with E-state index in [2.05, 4.69) is 15.6 Å². The number of aromatic nitrogens is 1. The van der Waals surface area contributed by atoms with Gasteiger partial charge in [-0.15, -0.1) is 0 Å². The number of amides is 2. The van der Waals surface area contributed by atoms with Crippen LogP contribution < -0.4 is 21.1 Å². The molecule has 0 unspecified atom stereocenters. The largest absolute Gasteiger partial charge is 0.445 e. The number of hydrogen-bond acceptors (Lipinski definition) is 5. The van der Waals surface area contributed by atoms with E-state index in [9.17, 15) is 4.79 Å². The molecular formula is C15H20N4O2S. The van der Waals surface area contributed by atoms with E-state index >= 15 is 0 Å². The zero-order valence-electron chi connectivity index (χ0n) is 12.6. The molecule has 0 fully saturated rings. The van der Waals surface area contributed by atoms with Crippen molar-refractivity contribution in [2.45, 2.75) is 32.7 Å². The summed E-state index contributed by atoms with van der Waals surface area (Å²) in [5.74, 6) is 0.662. The number of nitrogens with one attached hydrogen (secondary N) is 2. The molecule has 1 aromatic heterocycles. The summed E-state index contributed by atoms with van der Waals surface area (Å²) in [4.78, 5) is 15.8. The molecule has 2 aromatic rings. The minimum atomic E-state index is -0.197. The quantitative estimate of drug-likeness (QED) is 0.754. The molecule has 0 saturated heterocycles. The van der Waals surface area contributed by atoms with Crippen molar-refractivity contribution in [3.8, 4) is 10.8 Å². The molecule has 0 atom stereocenters. The van der Waals surface area contributed by atoms with Crippen LogP contribution in [-0.4, -0.2) is 17.1 Å². The molecule has 118 valence electrons. The van der Waals surface area contributed by atoms with Gasteiger partial charge >= 0.3 is 6.03 Å². The number of nitrogens with two attached hydrogens (primary N) is 1. The van der Waals surface area contributed by atoms with Crippen molar-refractivity contribution in [3.63, 3.8) is 0 Å². The van der Waals surface area contributed by atoms with Gasteiger partial charge in [-0.2, -0.15) is 0 Å². The van der Waals surface area contributed by atoms with Crippen LogP contribution in [0.25, 0.3) is 0 Å². The Hall–Kier alpha value is -2.28. The van der Waals surface area contributed by atoms with E-state index < -0.39 is 0 Å². The minimum Gasteiger partial charge on any atom is -0.445 e. The maximum atomic E-state index is 11.8. The predicted octanol–water partition coefficient (Wildman–Crippen LogP) is 3.83. The Balaban J connectivity index is 1.90. The number of thiazole rings is 1. The van der Waals surface area contributed by atoms with E-state index in [-0.39, 0.29) is 12.1 Å². The monoisotopic (exact) mass is 320 g/mol. The minimum absolute atomic E-state index is 0.194. The number of carbonyl (C=O) groups excluding carboxylic acids is 1. The highest BCUT2D eigenvalue weighted by atomic mass is 32.1. The summed E-state index contributed by atoms with van der Waals surface area (Å²) in [5, 5.41) is 6.81. The van der Waals surface area contributed by atoms with Crippen LogP contribution in [0.3, 0.4) is 0 Å². The van der Waals surface area contributed by atoms with Crippen molar-refractivity contribution in [2.24, 2.45) is 0 Å². The number of urea groups is 1. The fourth-order valence-electron chi connectivity index (χ4n) is 1.89. The molecule has 1 heterocycles. The van der Waals surface area contributed by atoms with Gasteiger partial charge in [-0.25, -0.2) is 9.78 Å². The van der Waals surface area contributed by atoms with Crippen molar-refractivity contribution in [3.05, 3.63) is 30.5 Å². The number of benzene rings is 1. The maximum absolute atomic E-state index is 11.8. The fourth-order valence-corrected chi connectivity index (χ4v) is 2.44. The molecule has 7 heteroatoms. The average Bonchev–Trinajstić information content (AvgIpc) is 2.92. The number of hydrogen-bond donors (Lipinski definition) is 3. The average molecular weight is 320 g/mol. The van der Waals surface area contributed by atoms with Crippen LogP contribution in [0.15, 0.2) is 30.5 Å². The Morgan fingerprint density at radius 3 is 2.55 bits per heavy atom. The zero-order chi connectivity index (χ0) is 15.9. The van der Waals surface area contributed by atoms with E-state index in [0.29, 0.717) is 21.6 Å². The third kappa shape index (κ3) is 4.63. The molecule has 0 bridgehead atoms. The summed E-state index contributed by atoms with van der Waals surface area (Å²) in [7, 11) is 0. The van der Waals surface area contributed by atoms with Crippen LogP contribution in [0.1, 0.15) is 26.7 Å². The molecule has 0 radical (unpaired) electrons. The number of rotatable bonds is 6. The molecule has 1 aromatic carbocycles. The summed E-state index contributed by atoms with van der Waals surface area (Å²) in [6, 6.07) is 7.13. The van der Waals surface area contributed by atoms with Crippen LogP contribution in [0.4, 0.5) is 15.6 Å². The molecule has 0 aliphatic carbocycles. The van der Waals surface area contributed by atoms with Gasteiger partial charge in [-0.05, 0) is 37.1 Å². The van der Waals surface area contributed by atoms with E-state index in [4.69, 9.17) is 10.5 Å². The smallest absolute Gasteiger partial charge is 0.319 e. The first kappa shape index (κ1) is 16.1. The molecule has 6 nitrogen and oxygen atoms in total. The van der Waals surface area contributed by atoms with Crippen molar-refractivity contribution < 1.29 is 9.53 Å². The molecule has 4 N–H and O–H groups in total. The normalized spacial score (nSPS) is 10.5. The lowest BCUT2D eigenvalue weighted by Gasteiger charge is -2.15. The second-order valence-corrected chi connectivity index (χ2v) is 5.78. The van der Waals surface area contributed by atoms with Gasteiger partial charge in [0.2, 0.25) is 5.06 Å². The number of nitrogens with zero attached hydrogens (tertiary/aromatic N) is 1. The summed E-state index contributed by atoms with van der Waals surface area (Å²) in [6.07, 6.45) is 3.40. The van der Waals surface area contributed by atoms with Gasteiger partial charge in [0, 0.05) is 11.7 Å². The van der Waals surface area contributed by atoms with Gasteiger partial charge < -0.3 is 21.1 Å². The highest BCUT2D eigenvalue weighted by molar-refractivity contribution is 7.17. The molecule has 0 spiro atoms. The van der Waals surface area contributed by atoms with Crippen molar-refractivity contribution in [2.75, 3.05) is 11.1 Å². The van der Waals surface area contributed by atoms with E-state index in [0.717, 1.165) is 12.8 Å². The second kappa shape index (κ2) is 7.65. The number of anilines is 2. The molecule has 2 rings (SSSR count). The standard InChI is InChI=1S/C15H20N4O2S/c1-3-10(4-2)18-15(20)19-11-5-7-12(8-6-11)21-13-9-17-14(16)22-13/h5-10H,3-4H2,1-2H3,(H2,16,17)(H2,18,19,20). The van der Waals surface area contributed by atoms with Crippen LogP contribution in [0.2, 0.25) is 0 Å². The highest BCUT2D eigenvalue weighted by Gasteiger charge is 2.08. The Kier molecular flexibility index (Phi) is 5.60. The first-order valence-corrected chi connectivity index (χ1v) is 7.99. The maximum Gasteiger partial charge on any atom is 0.319 e. The van der Waals surface area contributed by atoms with Gasteiger partial charge in [0.15, 0.2) is 5.13 Å². The number of carbonyl (C=O) groups is 1. The predicted molar refractivity (Wildman–Crippen MR) is 89.6 cm³/mol. The Morgan fingerprint density at radius 1 is 1.32 bits per heavy atom. The van der Waals surface area contributed by atoms with Gasteiger partial charge in [-0.3, -0.25) is 0 Å². The second-order valence-electron chi connectivity index (χ2n) is 4.76. The van der Waals surface area contributed by atoms with Crippen LogP contribution in [0.5, 0.6) is 10.8 Å². The highest BCUT2D eigenvalue weighted by Crippen LogP contribution is 2.29. The van der Waals surface area contributed by atoms with Crippen LogP contribution in [0, 0.1) is 0 Å². The first-order chi connectivity index (χ1) is 10.6. The van der Waals surface area contributed by atoms with E-state index in [1.165, 1.54) is 11.3 Å². The van der Waals surface area contributed by atoms with Crippen molar-refractivity contribution >= 4 is 28.2 Å². The lowest BCUT2D eigenvalue weighted by atomic mass is 10.2. The van der Waals surface area contributed by atoms with Crippen molar-refractivity contribution in [1.82, 2.24) is 10.3 Å². The van der Waals surface area contributed by atoms with Crippen molar-refractivity contribution in [1.29, 1.82) is 0 Å². The first-order valence-electron chi connectivity index (χ1n) is 7.17. The number of nitrogen functional groups attached to an aromatic ring is 1. The Labute approximate surface area is 133 Å². The summed E-state index contributed by atoms with van der Waals surface area (Å²) < 4.78 is 5.61. The molecule has 2 amide bonds. The third-order valence-corrected chi connectivity index (χ3v) is 3.86. The number of ether oxygens (including phenoxy) is 1. The summed E-state index contributed by atoms with van der Waals surface area (Å²) in [6.45, 7) is 4.10. The molecule has 0 saturated carbocycles. The zero-order valence-corrected chi connectivity index (χ0v) is 13.4. The topological polar surface area (TPSA) is 89.3 Å². The Bertz CT molecular complexity index is 608. The third-order valence-electron chi connectivity index (χ3n) is 3.15. The van der Waals surface area contributed by atoms with E-state index in [1.54, 1.807) is 30.5 Å². The lowest BCUT2D eigenvalue weighted by molar-refractivity contribution is 0.247. The lowest BCUT2D eigenvalue weighted by Crippen LogP contribution is -2.37. The summed E-state index contributed by atoms with van der Waals surface area (Å²) in [5.41, 5.74) is 6.25.